The molecular formula is C22H33N7O. The number of hydrogen-bond donors (Lipinski definition) is 2. The van der Waals surface area contributed by atoms with Crippen LogP contribution in [0.5, 0.6) is 5.75 Å². The first-order valence-electron chi connectivity index (χ1n) is 10.7. The highest BCUT2D eigenvalue weighted by molar-refractivity contribution is 5.79. The van der Waals surface area contributed by atoms with Gasteiger partial charge in [-0.25, -0.2) is 15.0 Å². The Hall–Kier alpha value is -2.87. The van der Waals surface area contributed by atoms with E-state index in [1.54, 1.807) is 19.5 Å². The van der Waals surface area contributed by atoms with Gasteiger partial charge in [0.05, 0.1) is 13.7 Å². The van der Waals surface area contributed by atoms with Crippen LogP contribution < -0.4 is 20.3 Å². The summed E-state index contributed by atoms with van der Waals surface area (Å²) in [4.78, 5) is 18.1. The molecule has 1 saturated heterocycles. The minimum Gasteiger partial charge on any atom is -0.496 e. The number of anilines is 1. The number of nitrogens with one attached hydrogen (secondary N) is 2. The van der Waals surface area contributed by atoms with Crippen molar-refractivity contribution in [2.24, 2.45) is 4.99 Å². The maximum Gasteiger partial charge on any atom is 0.225 e. The highest BCUT2D eigenvalue weighted by Gasteiger charge is 2.18. The lowest BCUT2D eigenvalue weighted by atomic mass is 10.2. The highest BCUT2D eigenvalue weighted by atomic mass is 16.5. The Balaban J connectivity index is 1.39. The van der Waals surface area contributed by atoms with Crippen molar-refractivity contribution in [3.8, 4) is 5.75 Å². The molecule has 8 nitrogen and oxygen atoms in total. The standard InChI is InChI=1S/C22H33N7O/c1-3-23-21(27-18-19-8-4-5-9-20(19)30-2)24-12-7-13-28-14-16-29(17-15-28)22-25-10-6-11-26-22/h4-6,8-11H,3,7,12-18H2,1-2H3,(H2,23,24,27). The Morgan fingerprint density at radius 1 is 1.07 bits per heavy atom. The van der Waals surface area contributed by atoms with Gasteiger partial charge in [-0.05, 0) is 32.0 Å². The van der Waals surface area contributed by atoms with Crippen molar-refractivity contribution in [3.05, 3.63) is 48.3 Å². The van der Waals surface area contributed by atoms with Gasteiger partial charge >= 0.3 is 0 Å². The normalized spacial score (nSPS) is 15.1. The molecule has 1 aliphatic heterocycles. The van der Waals surface area contributed by atoms with Crippen LogP contribution >= 0.6 is 0 Å². The van der Waals surface area contributed by atoms with Crippen molar-refractivity contribution in [1.82, 2.24) is 25.5 Å². The van der Waals surface area contributed by atoms with Gasteiger partial charge in [-0.2, -0.15) is 0 Å². The van der Waals surface area contributed by atoms with Crippen molar-refractivity contribution in [2.45, 2.75) is 19.9 Å². The van der Waals surface area contributed by atoms with Gasteiger partial charge in [0, 0.05) is 57.2 Å². The maximum absolute atomic E-state index is 5.41. The fourth-order valence-corrected chi connectivity index (χ4v) is 3.48. The van der Waals surface area contributed by atoms with E-state index in [0.29, 0.717) is 6.54 Å². The zero-order valence-corrected chi connectivity index (χ0v) is 18.0. The lowest BCUT2D eigenvalue weighted by Crippen LogP contribution is -2.47. The van der Waals surface area contributed by atoms with E-state index >= 15 is 0 Å². The van der Waals surface area contributed by atoms with Crippen molar-refractivity contribution >= 4 is 11.9 Å². The van der Waals surface area contributed by atoms with Gasteiger partial charge in [0.15, 0.2) is 5.96 Å². The van der Waals surface area contributed by atoms with Crippen LogP contribution in [0.15, 0.2) is 47.7 Å². The molecule has 0 bridgehead atoms. The zero-order valence-electron chi connectivity index (χ0n) is 18.0. The molecule has 0 spiro atoms. The number of piperazine rings is 1. The fourth-order valence-electron chi connectivity index (χ4n) is 3.48. The zero-order chi connectivity index (χ0) is 21.0. The molecule has 2 aromatic rings. The number of hydrogen-bond acceptors (Lipinski definition) is 6. The maximum atomic E-state index is 5.41. The number of ether oxygens (including phenoxy) is 1. The molecule has 30 heavy (non-hydrogen) atoms. The third kappa shape index (κ3) is 6.59. The molecule has 0 radical (unpaired) electrons. The summed E-state index contributed by atoms with van der Waals surface area (Å²) >= 11 is 0. The van der Waals surface area contributed by atoms with Crippen molar-refractivity contribution in [3.63, 3.8) is 0 Å². The van der Waals surface area contributed by atoms with E-state index in [1.165, 1.54) is 0 Å². The van der Waals surface area contributed by atoms with E-state index in [2.05, 4.69) is 37.3 Å². The summed E-state index contributed by atoms with van der Waals surface area (Å²) in [6, 6.07) is 9.86. The van der Waals surface area contributed by atoms with Crippen molar-refractivity contribution < 1.29 is 4.74 Å². The van der Waals surface area contributed by atoms with Crippen LogP contribution in [-0.2, 0) is 6.54 Å². The van der Waals surface area contributed by atoms with E-state index in [9.17, 15) is 0 Å². The first-order valence-corrected chi connectivity index (χ1v) is 10.7. The van der Waals surface area contributed by atoms with Gasteiger partial charge in [0.25, 0.3) is 0 Å². The summed E-state index contributed by atoms with van der Waals surface area (Å²) in [5.41, 5.74) is 1.08. The summed E-state index contributed by atoms with van der Waals surface area (Å²) in [5.74, 6) is 2.55. The lowest BCUT2D eigenvalue weighted by molar-refractivity contribution is 0.254. The highest BCUT2D eigenvalue weighted by Crippen LogP contribution is 2.17. The number of guanidine groups is 1. The predicted molar refractivity (Wildman–Crippen MR) is 121 cm³/mol. The number of aromatic nitrogens is 2. The van der Waals surface area contributed by atoms with Gasteiger partial charge in [-0.1, -0.05) is 18.2 Å². The molecule has 3 rings (SSSR count). The molecule has 1 aliphatic rings. The first-order chi connectivity index (χ1) is 14.8. The number of nitrogens with zero attached hydrogens (tertiary/aromatic N) is 5. The largest absolute Gasteiger partial charge is 0.496 e. The molecule has 8 heteroatoms. The third-order valence-corrected chi connectivity index (χ3v) is 5.10. The summed E-state index contributed by atoms with van der Waals surface area (Å²) < 4.78 is 5.41. The van der Waals surface area contributed by atoms with Gasteiger partial charge < -0.3 is 20.3 Å². The average Bonchev–Trinajstić information content (AvgIpc) is 2.81. The number of methoxy groups -OCH3 is 1. The Bertz CT molecular complexity index is 776. The van der Waals surface area contributed by atoms with E-state index in [4.69, 9.17) is 9.73 Å². The van der Waals surface area contributed by atoms with E-state index in [-0.39, 0.29) is 0 Å². The van der Waals surface area contributed by atoms with Gasteiger partial charge in [0.2, 0.25) is 5.95 Å². The molecule has 0 saturated carbocycles. The quantitative estimate of drug-likeness (QED) is 0.370. The molecular weight excluding hydrogens is 378 g/mol. The predicted octanol–water partition coefficient (Wildman–Crippen LogP) is 1.75. The Labute approximate surface area is 179 Å². The van der Waals surface area contributed by atoms with Gasteiger partial charge in [0.1, 0.15) is 5.75 Å². The minimum absolute atomic E-state index is 0.586. The fraction of sp³-hybridized carbons (Fsp3) is 0.500. The van der Waals surface area contributed by atoms with Crippen LogP contribution in [0.1, 0.15) is 18.9 Å². The van der Waals surface area contributed by atoms with Gasteiger partial charge in [-0.3, -0.25) is 4.90 Å². The average molecular weight is 412 g/mol. The SMILES string of the molecule is CCNC(=NCc1ccccc1OC)NCCCN1CCN(c2ncccn2)CC1. The Kier molecular flexibility index (Phi) is 8.71. The summed E-state index contributed by atoms with van der Waals surface area (Å²) in [6.07, 6.45) is 4.68. The molecule has 1 aromatic heterocycles. The van der Waals surface area contributed by atoms with Crippen LogP contribution in [0.2, 0.25) is 0 Å². The minimum atomic E-state index is 0.586. The third-order valence-electron chi connectivity index (χ3n) is 5.10. The monoisotopic (exact) mass is 411 g/mol. The topological polar surface area (TPSA) is 77.9 Å². The Morgan fingerprint density at radius 2 is 1.83 bits per heavy atom. The van der Waals surface area contributed by atoms with E-state index in [1.807, 2.05) is 30.3 Å². The second-order valence-corrected chi connectivity index (χ2v) is 7.16. The second kappa shape index (κ2) is 12.0. The molecule has 162 valence electrons. The number of aliphatic imine (C=N–C) groups is 1. The lowest BCUT2D eigenvalue weighted by Gasteiger charge is -2.34. The summed E-state index contributed by atoms with van der Waals surface area (Å²) in [5, 5.41) is 6.76. The van der Waals surface area contributed by atoms with Crippen molar-refractivity contribution in [2.75, 3.05) is 57.8 Å². The smallest absolute Gasteiger partial charge is 0.225 e. The van der Waals surface area contributed by atoms with Gasteiger partial charge in [-0.15, -0.1) is 0 Å². The number of para-hydroxylation sites is 1. The molecule has 1 fully saturated rings. The van der Waals surface area contributed by atoms with Crippen LogP contribution in [0.4, 0.5) is 5.95 Å². The molecule has 2 N–H and O–H groups in total. The van der Waals surface area contributed by atoms with E-state index < -0.39 is 0 Å². The van der Waals surface area contributed by atoms with Crippen LogP contribution in [0, 0.1) is 0 Å². The van der Waals surface area contributed by atoms with Crippen LogP contribution in [0.25, 0.3) is 0 Å². The van der Waals surface area contributed by atoms with Crippen LogP contribution in [-0.4, -0.2) is 73.8 Å². The Morgan fingerprint density at radius 3 is 2.57 bits per heavy atom. The molecule has 0 aliphatic carbocycles. The molecule has 2 heterocycles. The number of benzene rings is 1. The van der Waals surface area contributed by atoms with E-state index in [0.717, 1.165) is 75.5 Å². The molecule has 0 atom stereocenters. The summed E-state index contributed by atoms with van der Waals surface area (Å²) in [6.45, 7) is 9.49. The number of rotatable bonds is 9. The van der Waals surface area contributed by atoms with Crippen LogP contribution in [0.3, 0.4) is 0 Å². The van der Waals surface area contributed by atoms with Crippen molar-refractivity contribution in [1.29, 1.82) is 0 Å². The molecule has 1 aromatic carbocycles. The molecule has 0 unspecified atom stereocenters. The summed E-state index contributed by atoms with van der Waals surface area (Å²) in [7, 11) is 1.69. The second-order valence-electron chi connectivity index (χ2n) is 7.16. The first kappa shape index (κ1) is 21.8. The molecule has 0 amide bonds.